The van der Waals surface area contributed by atoms with Crippen molar-refractivity contribution in [2.24, 2.45) is 0 Å². The topological polar surface area (TPSA) is 71.5 Å². The fraction of sp³-hybridized carbons (Fsp3) is 0.417. The van der Waals surface area contributed by atoms with Gasteiger partial charge in [-0.05, 0) is 0 Å². The van der Waals surface area contributed by atoms with E-state index in [0.717, 1.165) is 0 Å². The van der Waals surface area contributed by atoms with Crippen molar-refractivity contribution in [1.29, 1.82) is 5.26 Å². The first-order valence-corrected chi connectivity index (χ1v) is 5.71. The van der Waals surface area contributed by atoms with Crippen LogP contribution in [0.3, 0.4) is 0 Å². The highest BCUT2D eigenvalue weighted by atomic mass is 19.1. The Morgan fingerprint density at radius 1 is 1.50 bits per heavy atom. The van der Waals surface area contributed by atoms with Crippen molar-refractivity contribution in [1.82, 2.24) is 0 Å². The summed E-state index contributed by atoms with van der Waals surface area (Å²) in [6, 6.07) is 3.31. The first-order chi connectivity index (χ1) is 8.72. The van der Waals surface area contributed by atoms with Crippen LogP contribution < -0.4 is 15.4 Å². The van der Waals surface area contributed by atoms with Gasteiger partial charge in [-0.25, -0.2) is 4.39 Å². The molecule has 18 heavy (non-hydrogen) atoms. The van der Waals surface area contributed by atoms with Crippen molar-refractivity contribution < 1.29 is 13.9 Å². The Labute approximate surface area is 103 Å². The van der Waals surface area contributed by atoms with E-state index in [-0.39, 0.29) is 17.3 Å². The van der Waals surface area contributed by atoms with Crippen molar-refractivity contribution in [3.05, 3.63) is 17.4 Å². The van der Waals surface area contributed by atoms with Crippen LogP contribution in [0, 0.1) is 17.1 Å². The van der Waals surface area contributed by atoms with Gasteiger partial charge in [0.1, 0.15) is 29.7 Å². The smallest absolute Gasteiger partial charge is 0.170 e. The summed E-state index contributed by atoms with van der Waals surface area (Å²) in [5.41, 5.74) is 5.96. The Balaban J connectivity index is 2.15. The molecule has 2 aliphatic heterocycles. The van der Waals surface area contributed by atoms with Gasteiger partial charge >= 0.3 is 0 Å². The second-order valence-corrected chi connectivity index (χ2v) is 4.35. The monoisotopic (exact) mass is 249 g/mol. The number of nitrogens with zero attached hydrogens (tertiary/aromatic N) is 2. The molecule has 1 atom stereocenters. The van der Waals surface area contributed by atoms with Gasteiger partial charge in [0.05, 0.1) is 24.9 Å². The highest BCUT2D eigenvalue weighted by Crippen LogP contribution is 2.40. The van der Waals surface area contributed by atoms with Crippen LogP contribution in [0.15, 0.2) is 6.07 Å². The summed E-state index contributed by atoms with van der Waals surface area (Å²) in [5.74, 6) is -0.193. The molecule has 0 radical (unpaired) electrons. The van der Waals surface area contributed by atoms with E-state index in [0.29, 0.717) is 37.8 Å². The third-order valence-electron chi connectivity index (χ3n) is 3.29. The number of ether oxygens (including phenoxy) is 2. The van der Waals surface area contributed by atoms with Crippen molar-refractivity contribution in [3.8, 4) is 11.8 Å². The average molecular weight is 249 g/mol. The van der Waals surface area contributed by atoms with Gasteiger partial charge in [-0.2, -0.15) is 5.26 Å². The summed E-state index contributed by atoms with van der Waals surface area (Å²) in [6.07, 6.45) is 0. The predicted octanol–water partition coefficient (Wildman–Crippen LogP) is 0.877. The van der Waals surface area contributed by atoms with Gasteiger partial charge in [0.25, 0.3) is 0 Å². The van der Waals surface area contributed by atoms with Crippen LogP contribution in [0.25, 0.3) is 0 Å². The molecule has 1 saturated heterocycles. The maximum atomic E-state index is 14.3. The van der Waals surface area contributed by atoms with Gasteiger partial charge in [0, 0.05) is 12.6 Å². The number of anilines is 2. The van der Waals surface area contributed by atoms with Gasteiger partial charge in [0.15, 0.2) is 5.82 Å². The number of fused-ring (bicyclic) bond motifs is 3. The second-order valence-electron chi connectivity index (χ2n) is 4.35. The Bertz CT molecular complexity index is 541. The molecule has 6 heteroatoms. The van der Waals surface area contributed by atoms with Crippen LogP contribution in [-0.2, 0) is 4.74 Å². The highest BCUT2D eigenvalue weighted by Gasteiger charge is 2.34. The lowest BCUT2D eigenvalue weighted by molar-refractivity contribution is 0.0698. The van der Waals surface area contributed by atoms with E-state index in [2.05, 4.69) is 0 Å². The fourth-order valence-electron chi connectivity index (χ4n) is 2.40. The van der Waals surface area contributed by atoms with Crippen LogP contribution in [0.5, 0.6) is 5.75 Å². The minimum absolute atomic E-state index is 0.00378. The fourth-order valence-corrected chi connectivity index (χ4v) is 2.40. The van der Waals surface area contributed by atoms with Crippen LogP contribution in [-0.4, -0.2) is 32.4 Å². The Hall–Kier alpha value is -2.00. The Kier molecular flexibility index (Phi) is 2.49. The lowest BCUT2D eigenvalue weighted by Crippen LogP contribution is -2.51. The number of hydrogen-bond donors (Lipinski definition) is 1. The maximum Gasteiger partial charge on any atom is 0.170 e. The molecule has 1 aromatic carbocycles. The number of halogens is 1. The minimum Gasteiger partial charge on any atom is -0.489 e. The first kappa shape index (κ1) is 11.1. The third kappa shape index (κ3) is 1.48. The van der Waals surface area contributed by atoms with Crippen LogP contribution in [0.1, 0.15) is 5.56 Å². The zero-order valence-corrected chi connectivity index (χ0v) is 9.65. The summed E-state index contributed by atoms with van der Waals surface area (Å²) in [5, 5.41) is 8.94. The number of morpholine rings is 1. The molecule has 1 fully saturated rings. The van der Waals surface area contributed by atoms with Gasteiger partial charge in [-0.1, -0.05) is 0 Å². The molecule has 0 saturated carbocycles. The molecule has 5 nitrogen and oxygen atoms in total. The van der Waals surface area contributed by atoms with Crippen LogP contribution >= 0.6 is 0 Å². The number of hydrogen-bond acceptors (Lipinski definition) is 5. The second kappa shape index (κ2) is 4.03. The maximum absolute atomic E-state index is 14.3. The van der Waals surface area contributed by atoms with E-state index in [1.807, 2.05) is 4.90 Å². The third-order valence-corrected chi connectivity index (χ3v) is 3.29. The number of nitrogen functional groups attached to an aromatic ring is 1. The average Bonchev–Trinajstić information content (AvgIpc) is 2.38. The van der Waals surface area contributed by atoms with Crippen molar-refractivity contribution >= 4 is 11.4 Å². The molecule has 3 rings (SSSR count). The molecule has 2 aliphatic rings. The predicted molar refractivity (Wildman–Crippen MR) is 63.0 cm³/mol. The summed E-state index contributed by atoms with van der Waals surface area (Å²) in [7, 11) is 0. The number of benzene rings is 1. The molecular weight excluding hydrogens is 237 g/mol. The largest absolute Gasteiger partial charge is 0.489 e. The van der Waals surface area contributed by atoms with Gasteiger partial charge in [0.2, 0.25) is 0 Å². The quantitative estimate of drug-likeness (QED) is 0.691. The molecule has 0 spiro atoms. The van der Waals surface area contributed by atoms with Crippen molar-refractivity contribution in [3.63, 3.8) is 0 Å². The molecule has 2 heterocycles. The minimum atomic E-state index is -0.598. The van der Waals surface area contributed by atoms with Crippen molar-refractivity contribution in [2.75, 3.05) is 37.0 Å². The standard InChI is InChI=1S/C12H12FN3O2/c13-11-8(4-14)9(15)3-10-12(11)16-1-2-17-5-7(16)6-18-10/h3,7H,1-2,5-6,15H2/t7-/m0/s1. The zero-order valence-electron chi connectivity index (χ0n) is 9.65. The van der Waals surface area contributed by atoms with Crippen LogP contribution in [0.4, 0.5) is 15.8 Å². The molecule has 0 aromatic heterocycles. The summed E-state index contributed by atoms with van der Waals surface area (Å²) >= 11 is 0. The van der Waals surface area contributed by atoms with Crippen LogP contribution in [0.2, 0.25) is 0 Å². The van der Waals surface area contributed by atoms with E-state index >= 15 is 0 Å². The zero-order chi connectivity index (χ0) is 12.7. The van der Waals surface area contributed by atoms with Gasteiger partial charge < -0.3 is 20.1 Å². The van der Waals surface area contributed by atoms with E-state index in [1.165, 1.54) is 6.07 Å². The SMILES string of the molecule is N#Cc1c(N)cc2c(c1F)N1CCOC[C@H]1CO2. The molecule has 0 unspecified atom stereocenters. The Morgan fingerprint density at radius 2 is 2.33 bits per heavy atom. The van der Waals surface area contributed by atoms with E-state index < -0.39 is 5.82 Å². The first-order valence-electron chi connectivity index (χ1n) is 5.71. The summed E-state index contributed by atoms with van der Waals surface area (Å²) in [4.78, 5) is 1.90. The number of rotatable bonds is 0. The van der Waals surface area contributed by atoms with Crippen molar-refractivity contribution in [2.45, 2.75) is 6.04 Å². The molecule has 0 aliphatic carbocycles. The molecule has 0 bridgehead atoms. The summed E-state index contributed by atoms with van der Waals surface area (Å²) < 4.78 is 25.2. The lowest BCUT2D eigenvalue weighted by Gasteiger charge is -2.41. The number of nitriles is 1. The molecule has 2 N–H and O–H groups in total. The lowest BCUT2D eigenvalue weighted by atomic mass is 10.1. The number of nitrogens with two attached hydrogens (primary N) is 1. The summed E-state index contributed by atoms with van der Waals surface area (Å²) in [6.45, 7) is 2.08. The van der Waals surface area contributed by atoms with E-state index in [4.69, 9.17) is 20.5 Å². The molecule has 0 amide bonds. The van der Waals surface area contributed by atoms with E-state index in [1.54, 1.807) is 6.07 Å². The molecular formula is C12H12FN3O2. The van der Waals surface area contributed by atoms with E-state index in [9.17, 15) is 4.39 Å². The van der Waals surface area contributed by atoms with Gasteiger partial charge in [-0.3, -0.25) is 0 Å². The Morgan fingerprint density at radius 3 is 3.11 bits per heavy atom. The molecule has 1 aromatic rings. The normalized spacial score (nSPS) is 21.6. The van der Waals surface area contributed by atoms with Gasteiger partial charge in [-0.15, -0.1) is 0 Å². The molecule has 94 valence electrons. The highest BCUT2D eigenvalue weighted by molar-refractivity contribution is 5.72.